The summed E-state index contributed by atoms with van der Waals surface area (Å²) in [5.74, 6) is -0.110. The third-order valence-corrected chi connectivity index (χ3v) is 5.06. The highest BCUT2D eigenvalue weighted by Crippen LogP contribution is 2.38. The van der Waals surface area contributed by atoms with Crippen molar-refractivity contribution in [1.29, 1.82) is 0 Å². The van der Waals surface area contributed by atoms with Crippen molar-refractivity contribution in [3.05, 3.63) is 65.0 Å². The van der Waals surface area contributed by atoms with E-state index in [0.717, 1.165) is 16.8 Å². The number of hydrazone groups is 1. The number of amides is 1. The number of hydrogen-bond acceptors (Lipinski definition) is 4. The van der Waals surface area contributed by atoms with Gasteiger partial charge >= 0.3 is 0 Å². The molecule has 0 spiro atoms. The number of ether oxygens (including phenoxy) is 1. The van der Waals surface area contributed by atoms with Gasteiger partial charge in [0.1, 0.15) is 11.6 Å². The monoisotopic (exact) mass is 381 g/mol. The van der Waals surface area contributed by atoms with Crippen molar-refractivity contribution in [2.75, 3.05) is 19.1 Å². The highest BCUT2D eigenvalue weighted by molar-refractivity contribution is 5.95. The zero-order valence-corrected chi connectivity index (χ0v) is 16.7. The predicted octanol–water partition coefficient (Wildman–Crippen LogP) is 4.23. The zero-order valence-electron chi connectivity index (χ0n) is 16.7. The molecule has 0 aliphatic carbocycles. The van der Waals surface area contributed by atoms with E-state index in [1.165, 1.54) is 12.3 Å². The molecule has 0 aromatic heterocycles. The minimum Gasteiger partial charge on any atom is -0.497 e. The number of nitrogens with one attached hydrogen (secondary N) is 1. The van der Waals surface area contributed by atoms with E-state index in [4.69, 9.17) is 4.74 Å². The Balaban J connectivity index is 1.79. The van der Waals surface area contributed by atoms with Crippen LogP contribution >= 0.6 is 0 Å². The summed E-state index contributed by atoms with van der Waals surface area (Å²) in [6.45, 7) is 6.18. The van der Waals surface area contributed by atoms with E-state index in [9.17, 15) is 9.18 Å². The van der Waals surface area contributed by atoms with Crippen LogP contribution in [0, 0.1) is 5.82 Å². The van der Waals surface area contributed by atoms with Gasteiger partial charge in [0, 0.05) is 29.4 Å². The Morgan fingerprint density at radius 2 is 1.93 bits per heavy atom. The number of carbonyl (C=O) groups is 1. The Kier molecular flexibility index (Phi) is 5.23. The van der Waals surface area contributed by atoms with Gasteiger partial charge in [0.25, 0.3) is 5.91 Å². The standard InChI is InChI=1S/C22H24FN3O2/c1-14-12-22(2,3)26(4)20-11-19(23)16(10-18(14)20)13-24-25-21(27)15-6-8-17(28-5)9-7-15/h6-13H,1-5H3,(H,25,27)/b24-13-. The first-order valence-corrected chi connectivity index (χ1v) is 8.97. The van der Waals surface area contributed by atoms with Crippen molar-refractivity contribution in [2.45, 2.75) is 26.3 Å². The van der Waals surface area contributed by atoms with Crippen LogP contribution in [0.1, 0.15) is 42.3 Å². The van der Waals surface area contributed by atoms with Crippen LogP contribution in [0.5, 0.6) is 5.75 Å². The number of rotatable bonds is 4. The fourth-order valence-corrected chi connectivity index (χ4v) is 3.25. The average Bonchev–Trinajstić information content (AvgIpc) is 2.66. The molecule has 0 saturated heterocycles. The van der Waals surface area contributed by atoms with Gasteiger partial charge in [0.15, 0.2) is 0 Å². The number of anilines is 1. The fourth-order valence-electron chi connectivity index (χ4n) is 3.25. The van der Waals surface area contributed by atoms with Crippen LogP contribution in [0.15, 0.2) is 47.6 Å². The van der Waals surface area contributed by atoms with Gasteiger partial charge in [-0.1, -0.05) is 6.08 Å². The molecule has 146 valence electrons. The fraction of sp³-hybridized carbons (Fsp3) is 0.273. The lowest BCUT2D eigenvalue weighted by atomic mass is 9.88. The minimum absolute atomic E-state index is 0.189. The maximum atomic E-state index is 14.6. The second-order valence-electron chi connectivity index (χ2n) is 7.36. The molecule has 1 N–H and O–H groups in total. The first-order valence-electron chi connectivity index (χ1n) is 8.97. The molecular weight excluding hydrogens is 357 g/mol. The number of halogens is 1. The second-order valence-corrected chi connectivity index (χ2v) is 7.36. The highest BCUT2D eigenvalue weighted by atomic mass is 19.1. The van der Waals surface area contributed by atoms with Crippen LogP contribution in [-0.4, -0.2) is 31.8 Å². The number of methoxy groups -OCH3 is 1. The quantitative estimate of drug-likeness (QED) is 0.637. The van der Waals surface area contributed by atoms with E-state index in [1.54, 1.807) is 37.4 Å². The summed E-state index contributed by atoms with van der Waals surface area (Å²) >= 11 is 0. The van der Waals surface area contributed by atoms with E-state index in [2.05, 4.69) is 30.5 Å². The SMILES string of the molecule is COc1ccc(C(=O)N/N=C\c2cc3c(cc2F)N(C)C(C)(C)C=C3C)cc1. The van der Waals surface area contributed by atoms with E-state index >= 15 is 0 Å². The molecule has 28 heavy (non-hydrogen) atoms. The van der Waals surface area contributed by atoms with Gasteiger partial charge in [0.2, 0.25) is 0 Å². The number of fused-ring (bicyclic) bond motifs is 1. The molecule has 5 nitrogen and oxygen atoms in total. The smallest absolute Gasteiger partial charge is 0.271 e. The summed E-state index contributed by atoms with van der Waals surface area (Å²) in [7, 11) is 3.51. The molecule has 1 aliphatic rings. The Hall–Kier alpha value is -3.15. The lowest BCUT2D eigenvalue weighted by Crippen LogP contribution is -2.42. The van der Waals surface area contributed by atoms with Crippen molar-refractivity contribution < 1.29 is 13.9 Å². The summed E-state index contributed by atoms with van der Waals surface area (Å²) in [6, 6.07) is 9.92. The summed E-state index contributed by atoms with van der Waals surface area (Å²) in [5.41, 5.74) is 5.85. The zero-order chi connectivity index (χ0) is 20.5. The van der Waals surface area contributed by atoms with E-state index in [1.807, 2.05) is 18.9 Å². The molecule has 0 bridgehead atoms. The molecule has 2 aromatic rings. The van der Waals surface area contributed by atoms with Crippen molar-refractivity contribution >= 4 is 23.4 Å². The highest BCUT2D eigenvalue weighted by Gasteiger charge is 2.29. The molecule has 0 unspecified atom stereocenters. The topological polar surface area (TPSA) is 53.9 Å². The Morgan fingerprint density at radius 1 is 1.25 bits per heavy atom. The molecule has 6 heteroatoms. The third-order valence-electron chi connectivity index (χ3n) is 5.06. The summed E-state index contributed by atoms with van der Waals surface area (Å²) in [6.07, 6.45) is 3.48. The number of allylic oxidation sites excluding steroid dienone is 1. The van der Waals surface area contributed by atoms with Gasteiger partial charge < -0.3 is 9.64 Å². The van der Waals surface area contributed by atoms with Crippen LogP contribution in [0.25, 0.3) is 5.57 Å². The molecule has 2 aromatic carbocycles. The number of likely N-dealkylation sites (N-methyl/N-ethyl adjacent to an activating group) is 1. The van der Waals surface area contributed by atoms with Gasteiger partial charge in [-0.2, -0.15) is 5.10 Å². The third kappa shape index (κ3) is 3.76. The summed E-state index contributed by atoms with van der Waals surface area (Å²) < 4.78 is 19.7. The number of hydrogen-bond donors (Lipinski definition) is 1. The predicted molar refractivity (Wildman–Crippen MR) is 111 cm³/mol. The van der Waals surface area contributed by atoms with Crippen LogP contribution in [0.2, 0.25) is 0 Å². The van der Waals surface area contributed by atoms with Gasteiger partial charge in [0.05, 0.1) is 18.9 Å². The maximum absolute atomic E-state index is 14.6. The number of benzene rings is 2. The normalized spacial score (nSPS) is 15.2. The molecule has 0 saturated carbocycles. The maximum Gasteiger partial charge on any atom is 0.271 e. The molecule has 3 rings (SSSR count). The largest absolute Gasteiger partial charge is 0.497 e. The average molecular weight is 381 g/mol. The molecule has 1 aliphatic heterocycles. The van der Waals surface area contributed by atoms with Crippen molar-refractivity contribution in [3.8, 4) is 5.75 Å². The molecular formula is C22H24FN3O2. The lowest BCUT2D eigenvalue weighted by molar-refractivity contribution is 0.0955. The molecule has 1 amide bonds. The van der Waals surface area contributed by atoms with E-state index in [-0.39, 0.29) is 11.4 Å². The van der Waals surface area contributed by atoms with Gasteiger partial charge in [-0.25, -0.2) is 9.82 Å². The van der Waals surface area contributed by atoms with E-state index < -0.39 is 5.82 Å². The molecule has 0 fully saturated rings. The Morgan fingerprint density at radius 3 is 2.57 bits per heavy atom. The minimum atomic E-state index is -0.390. The molecule has 0 atom stereocenters. The molecule has 1 heterocycles. The van der Waals surface area contributed by atoms with Gasteiger partial charge in [-0.05, 0) is 62.7 Å². The lowest BCUT2D eigenvalue weighted by Gasteiger charge is -2.40. The van der Waals surface area contributed by atoms with Crippen molar-refractivity contribution in [1.82, 2.24) is 5.43 Å². The van der Waals surface area contributed by atoms with Crippen molar-refractivity contribution in [2.24, 2.45) is 5.10 Å². The summed E-state index contributed by atoms with van der Waals surface area (Å²) in [5, 5.41) is 3.91. The second kappa shape index (κ2) is 7.46. The molecule has 0 radical (unpaired) electrons. The van der Waals surface area contributed by atoms with Crippen LogP contribution in [0.3, 0.4) is 0 Å². The Bertz CT molecular complexity index is 962. The number of carbonyl (C=O) groups excluding carboxylic acids is 1. The van der Waals surface area contributed by atoms with Crippen LogP contribution in [-0.2, 0) is 0 Å². The van der Waals surface area contributed by atoms with Crippen LogP contribution in [0.4, 0.5) is 10.1 Å². The van der Waals surface area contributed by atoms with Crippen LogP contribution < -0.4 is 15.1 Å². The summed E-state index contributed by atoms with van der Waals surface area (Å²) in [4.78, 5) is 14.2. The first-order chi connectivity index (χ1) is 13.2. The van der Waals surface area contributed by atoms with Gasteiger partial charge in [-0.3, -0.25) is 4.79 Å². The first kappa shape index (κ1) is 19.6. The van der Waals surface area contributed by atoms with Crippen molar-refractivity contribution in [3.63, 3.8) is 0 Å². The number of nitrogens with zero attached hydrogens (tertiary/aromatic N) is 2. The van der Waals surface area contributed by atoms with Gasteiger partial charge in [-0.15, -0.1) is 0 Å². The van der Waals surface area contributed by atoms with E-state index in [0.29, 0.717) is 16.9 Å². The Labute approximate surface area is 164 Å².